The Hall–Kier alpha value is -1.36. The number of unbranched alkanes of at least 4 members (excludes halogenated alkanes) is 6. The average molecular weight is 354 g/mol. The second-order valence-corrected chi connectivity index (χ2v) is 6.82. The second kappa shape index (κ2) is 13.9. The van der Waals surface area contributed by atoms with Gasteiger partial charge in [-0.05, 0) is 32.7 Å². The van der Waals surface area contributed by atoms with Crippen LogP contribution in [-0.2, 0) is 19.1 Å². The maximum atomic E-state index is 11.9. The molecule has 0 aromatic heterocycles. The lowest BCUT2D eigenvalue weighted by atomic mass is 10.1. The highest BCUT2D eigenvalue weighted by Crippen LogP contribution is 2.12. The van der Waals surface area contributed by atoms with Crippen molar-refractivity contribution in [3.05, 3.63) is 11.6 Å². The van der Waals surface area contributed by atoms with Crippen LogP contribution in [0.4, 0.5) is 0 Å². The Morgan fingerprint density at radius 1 is 1.00 bits per heavy atom. The van der Waals surface area contributed by atoms with Gasteiger partial charge in [-0.2, -0.15) is 0 Å². The average Bonchev–Trinajstić information content (AvgIpc) is 2.61. The van der Waals surface area contributed by atoms with E-state index in [0.29, 0.717) is 19.6 Å². The van der Waals surface area contributed by atoms with Crippen LogP contribution in [0.1, 0.15) is 71.1 Å². The highest BCUT2D eigenvalue weighted by molar-refractivity contribution is 5.88. The zero-order valence-electron chi connectivity index (χ0n) is 16.1. The molecule has 5 nitrogen and oxygen atoms in total. The summed E-state index contributed by atoms with van der Waals surface area (Å²) in [6.07, 6.45) is 11.5. The van der Waals surface area contributed by atoms with Gasteiger partial charge in [0, 0.05) is 25.1 Å². The van der Waals surface area contributed by atoms with E-state index in [2.05, 4.69) is 11.8 Å². The molecule has 0 aromatic carbocycles. The fourth-order valence-electron chi connectivity index (χ4n) is 2.69. The molecular weight excluding hydrogens is 318 g/mol. The first kappa shape index (κ1) is 21.7. The third-order valence-electron chi connectivity index (χ3n) is 4.44. The van der Waals surface area contributed by atoms with Crippen LogP contribution in [0.5, 0.6) is 0 Å². The van der Waals surface area contributed by atoms with Gasteiger partial charge in [0.15, 0.2) is 0 Å². The summed E-state index contributed by atoms with van der Waals surface area (Å²) in [4.78, 5) is 25.5. The van der Waals surface area contributed by atoms with Crippen LogP contribution >= 0.6 is 0 Å². The van der Waals surface area contributed by atoms with Crippen LogP contribution in [-0.4, -0.2) is 50.2 Å². The van der Waals surface area contributed by atoms with Crippen LogP contribution in [0.2, 0.25) is 0 Å². The van der Waals surface area contributed by atoms with Crippen molar-refractivity contribution in [3.63, 3.8) is 0 Å². The van der Waals surface area contributed by atoms with E-state index in [1.165, 1.54) is 0 Å². The Balaban J connectivity index is 1.89. The van der Waals surface area contributed by atoms with Crippen molar-refractivity contribution in [2.45, 2.75) is 71.1 Å². The zero-order valence-corrected chi connectivity index (χ0v) is 16.1. The molecule has 0 unspecified atom stereocenters. The molecule has 0 bridgehead atoms. The minimum Gasteiger partial charge on any atom is -0.466 e. The minimum atomic E-state index is -0.144. The molecule has 0 amide bonds. The number of ether oxygens (including phenoxy) is 2. The molecule has 0 aliphatic carbocycles. The van der Waals surface area contributed by atoms with Gasteiger partial charge in [-0.1, -0.05) is 45.1 Å². The van der Waals surface area contributed by atoms with E-state index >= 15 is 0 Å². The summed E-state index contributed by atoms with van der Waals surface area (Å²) >= 11 is 0. The van der Waals surface area contributed by atoms with Crippen LogP contribution < -0.4 is 0 Å². The largest absolute Gasteiger partial charge is 0.466 e. The quantitative estimate of drug-likeness (QED) is 0.372. The standard InChI is InChI=1S/C20H35NO4/c1-3-4-16-24-19(22)11-9-7-5-6-8-10-17-25-20(23)18-12-14-21(2)15-13-18/h12H,3-11,13-17H2,1-2H3. The fraction of sp³-hybridized carbons (Fsp3) is 0.800. The summed E-state index contributed by atoms with van der Waals surface area (Å²) in [5.74, 6) is -0.210. The van der Waals surface area contributed by atoms with Crippen molar-refractivity contribution in [2.24, 2.45) is 0 Å². The lowest BCUT2D eigenvalue weighted by Crippen LogP contribution is -2.26. The summed E-state index contributed by atoms with van der Waals surface area (Å²) < 4.78 is 10.5. The van der Waals surface area contributed by atoms with E-state index in [1.807, 2.05) is 13.1 Å². The molecule has 5 heteroatoms. The van der Waals surface area contributed by atoms with Crippen molar-refractivity contribution < 1.29 is 19.1 Å². The number of nitrogens with zero attached hydrogens (tertiary/aromatic N) is 1. The predicted molar refractivity (Wildman–Crippen MR) is 99.3 cm³/mol. The normalized spacial score (nSPS) is 14.9. The van der Waals surface area contributed by atoms with E-state index in [0.717, 1.165) is 76.5 Å². The predicted octanol–water partition coefficient (Wildman–Crippen LogP) is 3.87. The third-order valence-corrected chi connectivity index (χ3v) is 4.44. The first-order chi connectivity index (χ1) is 12.1. The molecule has 0 atom stereocenters. The molecule has 0 aromatic rings. The highest BCUT2D eigenvalue weighted by atomic mass is 16.5. The molecule has 1 aliphatic rings. The van der Waals surface area contributed by atoms with Gasteiger partial charge in [-0.25, -0.2) is 4.79 Å². The summed E-state index contributed by atoms with van der Waals surface area (Å²) in [5.41, 5.74) is 0.823. The van der Waals surface area contributed by atoms with Crippen molar-refractivity contribution in [2.75, 3.05) is 33.4 Å². The lowest BCUT2D eigenvalue weighted by Gasteiger charge is -2.20. The van der Waals surface area contributed by atoms with E-state index in [4.69, 9.17) is 9.47 Å². The monoisotopic (exact) mass is 353 g/mol. The number of esters is 2. The lowest BCUT2D eigenvalue weighted by molar-refractivity contribution is -0.144. The molecule has 25 heavy (non-hydrogen) atoms. The highest BCUT2D eigenvalue weighted by Gasteiger charge is 2.15. The smallest absolute Gasteiger partial charge is 0.333 e. The number of hydrogen-bond acceptors (Lipinski definition) is 5. The number of carbonyl (C=O) groups is 2. The number of likely N-dealkylation sites (N-methyl/N-ethyl adjacent to an activating group) is 1. The van der Waals surface area contributed by atoms with E-state index in [-0.39, 0.29) is 11.9 Å². The Labute approximate surface area is 152 Å². The van der Waals surface area contributed by atoms with Gasteiger partial charge in [0.2, 0.25) is 0 Å². The number of rotatable bonds is 13. The Kier molecular flexibility index (Phi) is 12.0. The molecule has 0 saturated carbocycles. The fourth-order valence-corrected chi connectivity index (χ4v) is 2.69. The van der Waals surface area contributed by atoms with Crippen LogP contribution in [0.15, 0.2) is 11.6 Å². The van der Waals surface area contributed by atoms with Gasteiger partial charge in [0.05, 0.1) is 13.2 Å². The minimum absolute atomic E-state index is 0.0661. The van der Waals surface area contributed by atoms with Gasteiger partial charge < -0.3 is 14.4 Å². The Morgan fingerprint density at radius 2 is 1.68 bits per heavy atom. The summed E-state index contributed by atoms with van der Waals surface area (Å²) in [5, 5.41) is 0. The molecule has 1 rings (SSSR count). The van der Waals surface area contributed by atoms with Gasteiger partial charge in [-0.3, -0.25) is 4.79 Å². The van der Waals surface area contributed by atoms with Crippen LogP contribution in [0.25, 0.3) is 0 Å². The summed E-state index contributed by atoms with van der Waals surface area (Å²) in [6.45, 7) is 4.90. The van der Waals surface area contributed by atoms with Crippen LogP contribution in [0.3, 0.4) is 0 Å². The number of carbonyl (C=O) groups excluding carboxylic acids is 2. The SMILES string of the molecule is CCCCOC(=O)CCCCCCCCOC(=O)C1=CCN(C)CC1. The van der Waals surface area contributed by atoms with E-state index < -0.39 is 0 Å². The Morgan fingerprint density at radius 3 is 2.36 bits per heavy atom. The first-order valence-corrected chi connectivity index (χ1v) is 9.83. The summed E-state index contributed by atoms with van der Waals surface area (Å²) in [6, 6.07) is 0. The molecule has 0 saturated heterocycles. The van der Waals surface area contributed by atoms with E-state index in [9.17, 15) is 9.59 Å². The molecule has 0 radical (unpaired) electrons. The van der Waals surface area contributed by atoms with Crippen molar-refractivity contribution >= 4 is 11.9 Å². The third kappa shape index (κ3) is 11.0. The summed E-state index contributed by atoms with van der Waals surface area (Å²) in [7, 11) is 2.05. The molecule has 0 N–H and O–H groups in total. The Bertz CT molecular complexity index is 420. The van der Waals surface area contributed by atoms with Crippen molar-refractivity contribution in [3.8, 4) is 0 Å². The first-order valence-electron chi connectivity index (χ1n) is 9.83. The molecule has 1 aliphatic heterocycles. The van der Waals surface area contributed by atoms with Crippen molar-refractivity contribution in [1.29, 1.82) is 0 Å². The van der Waals surface area contributed by atoms with Gasteiger partial charge >= 0.3 is 11.9 Å². The van der Waals surface area contributed by atoms with Gasteiger partial charge in [0.1, 0.15) is 0 Å². The molecule has 1 heterocycles. The maximum Gasteiger partial charge on any atom is 0.333 e. The molecule has 0 fully saturated rings. The van der Waals surface area contributed by atoms with E-state index in [1.54, 1.807) is 0 Å². The topological polar surface area (TPSA) is 55.8 Å². The van der Waals surface area contributed by atoms with Gasteiger partial charge in [0.25, 0.3) is 0 Å². The zero-order chi connectivity index (χ0) is 18.3. The second-order valence-electron chi connectivity index (χ2n) is 6.82. The maximum absolute atomic E-state index is 11.9. The van der Waals surface area contributed by atoms with Crippen molar-refractivity contribution in [1.82, 2.24) is 4.90 Å². The number of hydrogen-bond donors (Lipinski definition) is 0. The van der Waals surface area contributed by atoms with Crippen LogP contribution in [0, 0.1) is 0 Å². The molecular formula is C20H35NO4. The van der Waals surface area contributed by atoms with Gasteiger partial charge in [-0.15, -0.1) is 0 Å². The molecule has 144 valence electrons. The molecule has 0 spiro atoms.